The van der Waals surface area contributed by atoms with Crippen molar-refractivity contribution in [3.63, 3.8) is 0 Å². The maximum atomic E-state index is 11.5. The fourth-order valence-electron chi connectivity index (χ4n) is 1.70. The number of hydrogen-bond acceptors (Lipinski definition) is 5. The van der Waals surface area contributed by atoms with Crippen LogP contribution in [-0.4, -0.2) is 51.9 Å². The number of aliphatic hydroxyl groups excluding tert-OH is 2. The van der Waals surface area contributed by atoms with E-state index in [4.69, 9.17) is 15.9 Å². The lowest BCUT2D eigenvalue weighted by atomic mass is 9.94. The number of carbonyl (C=O) groups excluding carboxylic acids is 1. The van der Waals surface area contributed by atoms with Crippen LogP contribution in [0.25, 0.3) is 0 Å². The van der Waals surface area contributed by atoms with Crippen LogP contribution in [0.15, 0.2) is 0 Å². The molecule has 108 valence electrons. The molecule has 0 aromatic rings. The third-order valence-corrected chi connectivity index (χ3v) is 3.84. The Bertz CT molecular complexity index is 251. The van der Waals surface area contributed by atoms with Crippen LogP contribution in [0, 0.1) is 0 Å². The van der Waals surface area contributed by atoms with E-state index in [1.54, 1.807) is 11.8 Å². The van der Waals surface area contributed by atoms with Crippen molar-refractivity contribution < 1.29 is 15.0 Å². The molecule has 2 atom stereocenters. The molecule has 0 aromatic carbocycles. The van der Waals surface area contributed by atoms with E-state index in [9.17, 15) is 4.79 Å². The van der Waals surface area contributed by atoms with Gasteiger partial charge in [0.2, 0.25) is 5.91 Å². The fourth-order valence-corrected chi connectivity index (χ4v) is 2.60. The molecule has 5 N–H and O–H groups in total. The molecule has 0 aliphatic heterocycles. The molecule has 0 fully saturated rings. The first-order valence-corrected chi connectivity index (χ1v) is 7.41. The van der Waals surface area contributed by atoms with Crippen molar-refractivity contribution in [2.24, 2.45) is 5.73 Å². The van der Waals surface area contributed by atoms with E-state index < -0.39 is 11.6 Å². The summed E-state index contributed by atoms with van der Waals surface area (Å²) >= 11 is 1.57. The highest BCUT2D eigenvalue weighted by molar-refractivity contribution is 7.99. The van der Waals surface area contributed by atoms with Crippen LogP contribution in [0.1, 0.15) is 33.6 Å². The molecule has 0 bridgehead atoms. The van der Waals surface area contributed by atoms with Gasteiger partial charge in [-0.15, -0.1) is 0 Å². The van der Waals surface area contributed by atoms with E-state index >= 15 is 0 Å². The molecule has 0 saturated heterocycles. The first-order valence-electron chi connectivity index (χ1n) is 6.26. The van der Waals surface area contributed by atoms with E-state index in [0.717, 1.165) is 12.2 Å². The summed E-state index contributed by atoms with van der Waals surface area (Å²) in [4.78, 5) is 11.5. The molecule has 0 saturated carbocycles. The Morgan fingerprint density at radius 1 is 1.50 bits per heavy atom. The molecule has 1 amide bonds. The predicted octanol–water partition coefficient (Wildman–Crippen LogP) is 0.0950. The van der Waals surface area contributed by atoms with Crippen LogP contribution >= 0.6 is 11.8 Å². The van der Waals surface area contributed by atoms with Gasteiger partial charge in [-0.3, -0.25) is 4.79 Å². The number of carbonyl (C=O) groups is 1. The Hall–Kier alpha value is -0.300. The van der Waals surface area contributed by atoms with E-state index in [1.807, 2.05) is 20.8 Å². The van der Waals surface area contributed by atoms with Crippen LogP contribution in [0.4, 0.5) is 0 Å². The summed E-state index contributed by atoms with van der Waals surface area (Å²) in [5.74, 6) is 1.01. The van der Waals surface area contributed by atoms with Gasteiger partial charge in [0.25, 0.3) is 0 Å². The Balaban J connectivity index is 3.95. The van der Waals surface area contributed by atoms with Crippen molar-refractivity contribution in [1.82, 2.24) is 5.32 Å². The lowest BCUT2D eigenvalue weighted by molar-refractivity contribution is -0.124. The second-order valence-corrected chi connectivity index (χ2v) is 6.16. The molecule has 0 spiro atoms. The number of nitrogens with two attached hydrogens (primary N) is 1. The summed E-state index contributed by atoms with van der Waals surface area (Å²) in [7, 11) is 0. The van der Waals surface area contributed by atoms with Gasteiger partial charge < -0.3 is 21.3 Å². The largest absolute Gasteiger partial charge is 0.394 e. The smallest absolute Gasteiger partial charge is 0.237 e. The molecule has 6 heteroatoms. The standard InChI is InChI=1S/C12H26N2O3S/c1-9(2)14-12(3,11(13)17)5-4-6-18-8-10(16)7-15/h9-10,14-16H,4-8H2,1-3H3,(H2,13,17). The van der Waals surface area contributed by atoms with Gasteiger partial charge in [0.05, 0.1) is 18.2 Å². The Kier molecular flexibility index (Phi) is 8.60. The second-order valence-electron chi connectivity index (χ2n) is 5.01. The Labute approximate surface area is 114 Å². The van der Waals surface area contributed by atoms with Gasteiger partial charge >= 0.3 is 0 Å². The molecule has 18 heavy (non-hydrogen) atoms. The van der Waals surface area contributed by atoms with E-state index in [1.165, 1.54) is 0 Å². The van der Waals surface area contributed by atoms with Gasteiger partial charge in [0.15, 0.2) is 0 Å². The number of hydrogen-bond donors (Lipinski definition) is 4. The zero-order valence-electron chi connectivity index (χ0n) is 11.5. The van der Waals surface area contributed by atoms with Gasteiger partial charge in [0, 0.05) is 11.8 Å². The quantitative estimate of drug-likeness (QED) is 0.425. The zero-order chi connectivity index (χ0) is 14.2. The van der Waals surface area contributed by atoms with Crippen LogP contribution in [0.5, 0.6) is 0 Å². The summed E-state index contributed by atoms with van der Waals surface area (Å²) in [5, 5.41) is 21.0. The number of amides is 1. The van der Waals surface area contributed by atoms with Crippen LogP contribution in [-0.2, 0) is 4.79 Å². The average molecular weight is 278 g/mol. The minimum Gasteiger partial charge on any atom is -0.394 e. The summed E-state index contributed by atoms with van der Waals surface area (Å²) in [6, 6.07) is 0.200. The third-order valence-electron chi connectivity index (χ3n) is 2.64. The normalized spacial score (nSPS) is 16.6. The highest BCUT2D eigenvalue weighted by atomic mass is 32.2. The first-order chi connectivity index (χ1) is 8.31. The van der Waals surface area contributed by atoms with Gasteiger partial charge in [-0.05, 0) is 39.4 Å². The lowest BCUT2D eigenvalue weighted by Crippen LogP contribution is -2.55. The second kappa shape index (κ2) is 8.74. The lowest BCUT2D eigenvalue weighted by Gasteiger charge is -2.29. The molecule has 0 rings (SSSR count). The van der Waals surface area contributed by atoms with Crippen molar-refractivity contribution in [1.29, 1.82) is 0 Å². The number of aliphatic hydroxyl groups is 2. The van der Waals surface area contributed by atoms with E-state index in [0.29, 0.717) is 12.2 Å². The molecule has 0 aliphatic carbocycles. The van der Waals surface area contributed by atoms with Crippen molar-refractivity contribution in [3.8, 4) is 0 Å². The zero-order valence-corrected chi connectivity index (χ0v) is 12.3. The van der Waals surface area contributed by atoms with Gasteiger partial charge in [-0.1, -0.05) is 0 Å². The minimum absolute atomic E-state index is 0.200. The average Bonchev–Trinajstić information content (AvgIpc) is 2.27. The van der Waals surface area contributed by atoms with Crippen molar-refractivity contribution in [2.75, 3.05) is 18.1 Å². The van der Waals surface area contributed by atoms with Crippen molar-refractivity contribution in [2.45, 2.75) is 51.3 Å². The summed E-state index contributed by atoms with van der Waals surface area (Å²) in [5.41, 5.74) is 4.75. The summed E-state index contributed by atoms with van der Waals surface area (Å²) in [6.45, 7) is 5.57. The maximum absolute atomic E-state index is 11.5. The maximum Gasteiger partial charge on any atom is 0.237 e. The van der Waals surface area contributed by atoms with Crippen LogP contribution < -0.4 is 11.1 Å². The minimum atomic E-state index is -0.676. The summed E-state index contributed by atoms with van der Waals surface area (Å²) in [6.07, 6.45) is 0.844. The van der Waals surface area contributed by atoms with Gasteiger partial charge in [-0.25, -0.2) is 0 Å². The van der Waals surface area contributed by atoms with Crippen molar-refractivity contribution in [3.05, 3.63) is 0 Å². The molecule has 0 aromatic heterocycles. The fraction of sp³-hybridized carbons (Fsp3) is 0.917. The predicted molar refractivity (Wildman–Crippen MR) is 75.5 cm³/mol. The number of nitrogens with one attached hydrogen (secondary N) is 1. The molecule has 2 unspecified atom stereocenters. The summed E-state index contributed by atoms with van der Waals surface area (Å²) < 4.78 is 0. The highest BCUT2D eigenvalue weighted by Crippen LogP contribution is 2.16. The van der Waals surface area contributed by atoms with Crippen molar-refractivity contribution >= 4 is 17.7 Å². The Morgan fingerprint density at radius 3 is 2.56 bits per heavy atom. The van der Waals surface area contributed by atoms with Crippen LogP contribution in [0.3, 0.4) is 0 Å². The molecule has 0 radical (unpaired) electrons. The van der Waals surface area contributed by atoms with E-state index in [-0.39, 0.29) is 18.6 Å². The molecular formula is C12H26N2O3S. The SMILES string of the molecule is CC(C)NC(C)(CCCSCC(O)CO)C(N)=O. The van der Waals surface area contributed by atoms with Gasteiger partial charge in [0.1, 0.15) is 0 Å². The topological polar surface area (TPSA) is 95.6 Å². The molecular weight excluding hydrogens is 252 g/mol. The van der Waals surface area contributed by atoms with Crippen LogP contribution in [0.2, 0.25) is 0 Å². The number of primary amides is 1. The van der Waals surface area contributed by atoms with E-state index in [2.05, 4.69) is 5.32 Å². The first kappa shape index (κ1) is 17.7. The Morgan fingerprint density at radius 2 is 2.11 bits per heavy atom. The number of rotatable bonds is 10. The third kappa shape index (κ3) is 7.20. The molecule has 0 aliphatic rings. The number of thioether (sulfide) groups is 1. The molecule has 0 heterocycles. The monoisotopic (exact) mass is 278 g/mol. The molecule has 5 nitrogen and oxygen atoms in total. The highest BCUT2D eigenvalue weighted by Gasteiger charge is 2.30. The van der Waals surface area contributed by atoms with Gasteiger partial charge in [-0.2, -0.15) is 11.8 Å².